The average Bonchev–Trinajstić information content (AvgIpc) is 3.56. The summed E-state index contributed by atoms with van der Waals surface area (Å²) in [6.07, 6.45) is 0.507. The number of fused-ring (bicyclic) bond motifs is 2. The molecule has 2 unspecified atom stereocenters. The van der Waals surface area contributed by atoms with E-state index in [-0.39, 0.29) is 24.0 Å². The molecule has 1 amide bonds. The molecule has 2 atom stereocenters. The topological polar surface area (TPSA) is 86.6 Å². The summed E-state index contributed by atoms with van der Waals surface area (Å²) in [4.78, 5) is 24.5. The lowest BCUT2D eigenvalue weighted by atomic mass is 9.88. The molecule has 0 saturated heterocycles. The number of para-hydroxylation sites is 1. The molecule has 0 radical (unpaired) electrons. The first kappa shape index (κ1) is 23.0. The summed E-state index contributed by atoms with van der Waals surface area (Å²) < 4.78 is 15.2. The highest BCUT2D eigenvalue weighted by molar-refractivity contribution is 6.10. The summed E-state index contributed by atoms with van der Waals surface area (Å²) in [5.74, 6) is -1.41. The van der Waals surface area contributed by atoms with E-state index in [1.165, 1.54) is 6.07 Å². The van der Waals surface area contributed by atoms with Crippen LogP contribution in [0.2, 0.25) is 0 Å². The Balaban J connectivity index is 1.36. The quantitative estimate of drug-likeness (QED) is 0.310. The minimum Gasteiger partial charge on any atom is -0.507 e. The number of carbonyl (C=O) groups excluding carboxylic acids is 1. The van der Waals surface area contributed by atoms with Gasteiger partial charge >= 0.3 is 5.97 Å². The maximum Gasteiger partial charge on any atom is 0.307 e. The number of halogens is 1. The van der Waals surface area contributed by atoms with E-state index in [1.807, 2.05) is 61.5 Å². The Labute approximate surface area is 213 Å². The molecule has 1 aliphatic carbocycles. The largest absolute Gasteiger partial charge is 0.507 e. The van der Waals surface area contributed by atoms with Crippen molar-refractivity contribution >= 4 is 17.6 Å². The van der Waals surface area contributed by atoms with Gasteiger partial charge in [0.15, 0.2) is 0 Å². The van der Waals surface area contributed by atoms with Gasteiger partial charge in [0.25, 0.3) is 0 Å². The van der Waals surface area contributed by atoms with E-state index in [0.717, 1.165) is 27.8 Å². The van der Waals surface area contributed by atoms with E-state index in [0.29, 0.717) is 28.8 Å². The lowest BCUT2D eigenvalue weighted by Gasteiger charge is -2.13. The van der Waals surface area contributed by atoms with Gasteiger partial charge in [0, 0.05) is 22.7 Å². The monoisotopic (exact) mass is 493 g/mol. The number of carboxylic acids is 1. The Kier molecular flexibility index (Phi) is 5.16. The number of aliphatic carboxylic acids is 1. The van der Waals surface area contributed by atoms with Crippen LogP contribution in [0.25, 0.3) is 22.3 Å². The summed E-state index contributed by atoms with van der Waals surface area (Å²) >= 11 is 0. The molecule has 6 rings (SSSR count). The van der Waals surface area contributed by atoms with E-state index < -0.39 is 17.2 Å². The predicted octanol–water partition coefficient (Wildman–Crippen LogP) is 6.18. The van der Waals surface area contributed by atoms with E-state index in [4.69, 9.17) is 0 Å². The fourth-order valence-electron chi connectivity index (χ4n) is 5.65. The molecule has 4 aromatic rings. The molecule has 1 fully saturated rings. The highest BCUT2D eigenvalue weighted by atomic mass is 19.1. The molecule has 6 heteroatoms. The van der Waals surface area contributed by atoms with E-state index in [1.54, 1.807) is 18.2 Å². The summed E-state index contributed by atoms with van der Waals surface area (Å²) in [6, 6.07) is 23.2. The SMILES string of the molecule is Cc1ccc(C2CC23C(=O)Nc2cc(F)c(-c4ccc(-c5ccccc5O)cc4)cc23)cc1CC(=O)O. The number of rotatable bonds is 5. The Morgan fingerprint density at radius 2 is 1.70 bits per heavy atom. The number of carbonyl (C=O) groups is 2. The second kappa shape index (κ2) is 8.30. The van der Waals surface area contributed by atoms with Gasteiger partial charge in [0.05, 0.1) is 11.8 Å². The van der Waals surface area contributed by atoms with Crippen molar-refractivity contribution in [3.05, 3.63) is 107 Å². The predicted molar refractivity (Wildman–Crippen MR) is 139 cm³/mol. The van der Waals surface area contributed by atoms with Crippen molar-refractivity contribution in [3.8, 4) is 28.0 Å². The van der Waals surface area contributed by atoms with Crippen LogP contribution in [-0.2, 0) is 21.4 Å². The zero-order valence-corrected chi connectivity index (χ0v) is 20.1. The fraction of sp³-hybridized carbons (Fsp3) is 0.161. The van der Waals surface area contributed by atoms with E-state index in [9.17, 15) is 19.8 Å². The lowest BCUT2D eigenvalue weighted by Crippen LogP contribution is -2.21. The normalized spacial score (nSPS) is 19.5. The number of aromatic hydroxyl groups is 1. The third kappa shape index (κ3) is 3.68. The van der Waals surface area contributed by atoms with Crippen molar-refractivity contribution in [1.29, 1.82) is 0 Å². The van der Waals surface area contributed by atoms with Crippen molar-refractivity contribution in [2.24, 2.45) is 0 Å². The van der Waals surface area contributed by atoms with Gasteiger partial charge in [-0.25, -0.2) is 4.39 Å². The third-order valence-corrected chi connectivity index (χ3v) is 7.73. The maximum absolute atomic E-state index is 15.2. The van der Waals surface area contributed by atoms with Crippen molar-refractivity contribution < 1.29 is 24.2 Å². The Hall–Kier alpha value is -4.45. The van der Waals surface area contributed by atoms with Gasteiger partial charge < -0.3 is 15.5 Å². The van der Waals surface area contributed by atoms with Gasteiger partial charge in [0.1, 0.15) is 11.6 Å². The number of carboxylic acid groups (broad SMARTS) is 1. The summed E-state index contributed by atoms with van der Waals surface area (Å²) in [6.45, 7) is 1.88. The summed E-state index contributed by atoms with van der Waals surface area (Å²) in [5.41, 5.74) is 5.59. The second-order valence-electron chi connectivity index (χ2n) is 9.91. The number of phenols is 1. The van der Waals surface area contributed by atoms with Crippen LogP contribution in [0.1, 0.15) is 34.6 Å². The van der Waals surface area contributed by atoms with Gasteiger partial charge in [-0.1, -0.05) is 60.7 Å². The Morgan fingerprint density at radius 3 is 2.41 bits per heavy atom. The van der Waals surface area contributed by atoms with Gasteiger partial charge in [-0.15, -0.1) is 0 Å². The fourth-order valence-corrected chi connectivity index (χ4v) is 5.65. The van der Waals surface area contributed by atoms with Gasteiger partial charge in [-0.05, 0) is 64.9 Å². The molecular weight excluding hydrogens is 469 g/mol. The molecule has 4 aromatic carbocycles. The van der Waals surface area contributed by atoms with Crippen molar-refractivity contribution in [3.63, 3.8) is 0 Å². The van der Waals surface area contributed by atoms with Crippen LogP contribution in [0.4, 0.5) is 10.1 Å². The molecule has 3 N–H and O–H groups in total. The number of benzene rings is 4. The van der Waals surface area contributed by atoms with E-state index >= 15 is 4.39 Å². The van der Waals surface area contributed by atoms with Crippen LogP contribution in [0, 0.1) is 12.7 Å². The van der Waals surface area contributed by atoms with Gasteiger partial charge in [-0.2, -0.15) is 0 Å². The Bertz CT molecular complexity index is 1590. The number of hydrogen-bond acceptors (Lipinski definition) is 3. The second-order valence-corrected chi connectivity index (χ2v) is 9.91. The highest BCUT2D eigenvalue weighted by Crippen LogP contribution is 2.65. The molecule has 37 heavy (non-hydrogen) atoms. The van der Waals surface area contributed by atoms with Crippen LogP contribution in [-0.4, -0.2) is 22.1 Å². The minimum atomic E-state index is -0.900. The number of nitrogens with one attached hydrogen (secondary N) is 1. The van der Waals surface area contributed by atoms with Crippen LogP contribution in [0.15, 0.2) is 78.9 Å². The number of phenolic OH excluding ortho intramolecular Hbond substituents is 1. The van der Waals surface area contributed by atoms with Crippen molar-refractivity contribution in [2.75, 3.05) is 5.32 Å². The molecule has 2 aliphatic rings. The van der Waals surface area contributed by atoms with Crippen LogP contribution in [0.3, 0.4) is 0 Å². The third-order valence-electron chi connectivity index (χ3n) is 7.73. The van der Waals surface area contributed by atoms with Crippen LogP contribution in [0.5, 0.6) is 5.75 Å². The number of aryl methyl sites for hydroxylation is 1. The minimum absolute atomic E-state index is 0.0751. The number of hydrogen-bond donors (Lipinski definition) is 3. The standard InChI is InChI=1S/C31H24FNO4/c1-17-6-7-20(12-21(17)13-29(35)36)25-16-31(25)24-14-23(26(32)15-27(24)33-30(31)37)19-10-8-18(9-11-19)22-4-2-3-5-28(22)34/h2-12,14-15,25,34H,13,16H2,1H3,(H,33,37)(H,35,36). The molecular formula is C31H24FNO4. The zero-order valence-electron chi connectivity index (χ0n) is 20.1. The maximum atomic E-state index is 15.2. The first-order valence-electron chi connectivity index (χ1n) is 12.1. The molecule has 1 aliphatic heterocycles. The number of amides is 1. The highest BCUT2D eigenvalue weighted by Gasteiger charge is 2.65. The first-order valence-corrected chi connectivity index (χ1v) is 12.1. The number of anilines is 1. The molecule has 0 aromatic heterocycles. The average molecular weight is 494 g/mol. The molecule has 1 heterocycles. The first-order chi connectivity index (χ1) is 17.8. The zero-order chi connectivity index (χ0) is 25.9. The molecule has 1 spiro atoms. The van der Waals surface area contributed by atoms with Gasteiger partial charge in [0.2, 0.25) is 5.91 Å². The summed E-state index contributed by atoms with van der Waals surface area (Å²) in [5, 5.41) is 22.3. The van der Waals surface area contributed by atoms with Gasteiger partial charge in [-0.3, -0.25) is 9.59 Å². The molecule has 1 saturated carbocycles. The summed E-state index contributed by atoms with van der Waals surface area (Å²) in [7, 11) is 0. The van der Waals surface area contributed by atoms with Crippen LogP contribution >= 0.6 is 0 Å². The van der Waals surface area contributed by atoms with Crippen molar-refractivity contribution in [2.45, 2.75) is 31.1 Å². The molecule has 0 bridgehead atoms. The van der Waals surface area contributed by atoms with Crippen LogP contribution < -0.4 is 5.32 Å². The van der Waals surface area contributed by atoms with E-state index in [2.05, 4.69) is 5.32 Å². The lowest BCUT2D eigenvalue weighted by molar-refractivity contribution is -0.136. The van der Waals surface area contributed by atoms with Crippen molar-refractivity contribution in [1.82, 2.24) is 0 Å². The smallest absolute Gasteiger partial charge is 0.307 e. The molecule has 5 nitrogen and oxygen atoms in total. The molecule has 184 valence electrons. The Morgan fingerprint density at radius 1 is 1.00 bits per heavy atom.